The van der Waals surface area contributed by atoms with Gasteiger partial charge in [-0.1, -0.05) is 6.08 Å². The van der Waals surface area contributed by atoms with E-state index in [-0.39, 0.29) is 24.1 Å². The molecule has 0 spiro atoms. The van der Waals surface area contributed by atoms with Crippen LogP contribution in [-0.4, -0.2) is 26.0 Å². The highest BCUT2D eigenvalue weighted by atomic mass is 16.7. The number of cyclic esters (lactones) is 1. The Hall–Kier alpha value is -1.29. The van der Waals surface area contributed by atoms with Crippen LogP contribution in [0.2, 0.25) is 0 Å². The van der Waals surface area contributed by atoms with Gasteiger partial charge in [0.05, 0.1) is 18.4 Å². The van der Waals surface area contributed by atoms with Gasteiger partial charge >= 0.3 is 5.97 Å². The molecule has 0 aromatic heterocycles. The van der Waals surface area contributed by atoms with Crippen LogP contribution in [0.3, 0.4) is 0 Å². The van der Waals surface area contributed by atoms with Gasteiger partial charge < -0.3 is 14.2 Å². The van der Waals surface area contributed by atoms with Crippen molar-refractivity contribution in [2.24, 2.45) is 11.8 Å². The van der Waals surface area contributed by atoms with E-state index in [1.165, 1.54) is 6.26 Å². The SMILES string of the molecule is C=C[C@H]1[C@H](OC)OC=C2C(=O)OCC[C@H]21. The van der Waals surface area contributed by atoms with E-state index < -0.39 is 0 Å². The van der Waals surface area contributed by atoms with Crippen molar-refractivity contribution >= 4 is 5.97 Å². The largest absolute Gasteiger partial charge is 0.471 e. The van der Waals surface area contributed by atoms with Gasteiger partial charge in [-0.05, 0) is 6.42 Å². The van der Waals surface area contributed by atoms with Crippen molar-refractivity contribution in [1.82, 2.24) is 0 Å². The molecule has 0 saturated carbocycles. The van der Waals surface area contributed by atoms with E-state index in [4.69, 9.17) is 14.2 Å². The summed E-state index contributed by atoms with van der Waals surface area (Å²) in [7, 11) is 1.58. The Morgan fingerprint density at radius 2 is 2.47 bits per heavy atom. The van der Waals surface area contributed by atoms with Crippen LogP contribution in [-0.2, 0) is 19.0 Å². The number of hydrogen-bond donors (Lipinski definition) is 0. The summed E-state index contributed by atoms with van der Waals surface area (Å²) < 4.78 is 15.4. The Labute approximate surface area is 88.5 Å². The molecule has 2 aliphatic heterocycles. The quantitative estimate of drug-likeness (QED) is 0.508. The molecule has 2 rings (SSSR count). The van der Waals surface area contributed by atoms with Crippen LogP contribution in [0.5, 0.6) is 0 Å². The van der Waals surface area contributed by atoms with E-state index in [1.54, 1.807) is 13.2 Å². The van der Waals surface area contributed by atoms with Gasteiger partial charge in [0.2, 0.25) is 6.29 Å². The molecule has 1 saturated heterocycles. The van der Waals surface area contributed by atoms with Gasteiger partial charge in [0, 0.05) is 18.9 Å². The zero-order valence-electron chi connectivity index (χ0n) is 8.64. The maximum atomic E-state index is 11.4. The topological polar surface area (TPSA) is 44.8 Å². The Kier molecular flexibility index (Phi) is 2.77. The number of carbonyl (C=O) groups is 1. The molecule has 0 aromatic carbocycles. The van der Waals surface area contributed by atoms with E-state index in [0.29, 0.717) is 12.2 Å². The first-order valence-electron chi connectivity index (χ1n) is 4.96. The van der Waals surface area contributed by atoms with Gasteiger partial charge in [0.25, 0.3) is 0 Å². The molecule has 0 radical (unpaired) electrons. The van der Waals surface area contributed by atoms with Crippen molar-refractivity contribution in [2.45, 2.75) is 12.7 Å². The predicted molar refractivity (Wildman–Crippen MR) is 52.7 cm³/mol. The van der Waals surface area contributed by atoms with Gasteiger partial charge in [0.15, 0.2) is 0 Å². The highest BCUT2D eigenvalue weighted by molar-refractivity contribution is 5.89. The van der Waals surface area contributed by atoms with Crippen molar-refractivity contribution in [3.63, 3.8) is 0 Å². The molecule has 0 aliphatic carbocycles. The van der Waals surface area contributed by atoms with Crippen LogP contribution < -0.4 is 0 Å². The maximum Gasteiger partial charge on any atom is 0.337 e. The van der Waals surface area contributed by atoms with Gasteiger partial charge in [-0.15, -0.1) is 6.58 Å². The molecular weight excluding hydrogens is 196 g/mol. The molecule has 0 amide bonds. The number of carbonyl (C=O) groups excluding carboxylic acids is 1. The second kappa shape index (κ2) is 4.06. The third kappa shape index (κ3) is 1.65. The Morgan fingerprint density at radius 1 is 1.67 bits per heavy atom. The molecule has 82 valence electrons. The lowest BCUT2D eigenvalue weighted by atomic mass is 9.81. The van der Waals surface area contributed by atoms with E-state index in [1.807, 2.05) is 0 Å². The molecule has 15 heavy (non-hydrogen) atoms. The average molecular weight is 210 g/mol. The summed E-state index contributed by atoms with van der Waals surface area (Å²) in [4.78, 5) is 11.4. The molecule has 0 bridgehead atoms. The number of esters is 1. The van der Waals surface area contributed by atoms with Crippen LogP contribution >= 0.6 is 0 Å². The van der Waals surface area contributed by atoms with Gasteiger partial charge in [-0.2, -0.15) is 0 Å². The predicted octanol–water partition coefficient (Wildman–Crippen LogP) is 1.24. The Balaban J connectivity index is 2.27. The number of fused-ring (bicyclic) bond motifs is 1. The van der Waals surface area contributed by atoms with E-state index in [2.05, 4.69) is 6.58 Å². The molecule has 3 atom stereocenters. The average Bonchev–Trinajstić information content (AvgIpc) is 2.28. The monoisotopic (exact) mass is 210 g/mol. The summed E-state index contributed by atoms with van der Waals surface area (Å²) in [5, 5.41) is 0. The smallest absolute Gasteiger partial charge is 0.337 e. The first kappa shape index (κ1) is 10.2. The summed E-state index contributed by atoms with van der Waals surface area (Å²) >= 11 is 0. The number of ether oxygens (including phenoxy) is 3. The summed E-state index contributed by atoms with van der Waals surface area (Å²) in [5.74, 6) is -0.155. The highest BCUT2D eigenvalue weighted by Gasteiger charge is 2.40. The number of rotatable bonds is 2. The van der Waals surface area contributed by atoms with Crippen molar-refractivity contribution < 1.29 is 19.0 Å². The lowest BCUT2D eigenvalue weighted by Crippen LogP contribution is -2.39. The second-order valence-electron chi connectivity index (χ2n) is 3.66. The Morgan fingerprint density at radius 3 is 3.13 bits per heavy atom. The molecule has 2 aliphatic rings. The normalized spacial score (nSPS) is 34.6. The fourth-order valence-corrected chi connectivity index (χ4v) is 2.11. The Bertz CT molecular complexity index is 308. The van der Waals surface area contributed by atoms with Crippen molar-refractivity contribution in [1.29, 1.82) is 0 Å². The minimum atomic E-state index is -0.345. The van der Waals surface area contributed by atoms with Crippen molar-refractivity contribution in [3.05, 3.63) is 24.5 Å². The van der Waals surface area contributed by atoms with Crippen LogP contribution in [0.15, 0.2) is 24.5 Å². The zero-order valence-corrected chi connectivity index (χ0v) is 8.64. The minimum Gasteiger partial charge on any atom is -0.471 e. The summed E-state index contributed by atoms with van der Waals surface area (Å²) in [6.07, 6.45) is 3.70. The van der Waals surface area contributed by atoms with Crippen LogP contribution in [0, 0.1) is 11.8 Å². The number of hydrogen-bond acceptors (Lipinski definition) is 4. The molecule has 0 unspecified atom stereocenters. The fourth-order valence-electron chi connectivity index (χ4n) is 2.11. The molecule has 4 heteroatoms. The first-order valence-corrected chi connectivity index (χ1v) is 4.96. The van der Waals surface area contributed by atoms with E-state index in [9.17, 15) is 4.79 Å². The molecule has 0 N–H and O–H groups in total. The third-order valence-electron chi connectivity index (χ3n) is 2.91. The van der Waals surface area contributed by atoms with Gasteiger partial charge in [-0.25, -0.2) is 4.79 Å². The van der Waals surface area contributed by atoms with Crippen LogP contribution in [0.4, 0.5) is 0 Å². The zero-order chi connectivity index (χ0) is 10.8. The first-order chi connectivity index (χ1) is 7.27. The summed E-state index contributed by atoms with van der Waals surface area (Å²) in [6, 6.07) is 0. The minimum absolute atomic E-state index is 0.0165. The van der Waals surface area contributed by atoms with E-state index >= 15 is 0 Å². The summed E-state index contributed by atoms with van der Waals surface area (Å²) in [5.41, 5.74) is 0.597. The standard InChI is InChI=1S/C11H14O4/c1-3-7-8-4-5-14-10(12)9(8)6-15-11(7)13-2/h3,6-8,11H,1,4-5H2,2H3/t7-,8+,11-/m1/s1. The molecule has 0 aromatic rings. The molecule has 2 heterocycles. The third-order valence-corrected chi connectivity index (χ3v) is 2.91. The second-order valence-corrected chi connectivity index (χ2v) is 3.66. The van der Waals surface area contributed by atoms with E-state index in [0.717, 1.165) is 6.42 Å². The summed E-state index contributed by atoms with van der Waals surface area (Å²) in [6.45, 7) is 4.22. The fraction of sp³-hybridized carbons (Fsp3) is 0.545. The van der Waals surface area contributed by atoms with Gasteiger partial charge in [0.1, 0.15) is 0 Å². The lowest BCUT2D eigenvalue weighted by molar-refractivity contribution is -0.156. The van der Waals surface area contributed by atoms with Crippen molar-refractivity contribution in [2.75, 3.05) is 13.7 Å². The molecule has 4 nitrogen and oxygen atoms in total. The van der Waals surface area contributed by atoms with Crippen molar-refractivity contribution in [3.8, 4) is 0 Å². The molecule has 1 fully saturated rings. The molecular formula is C11H14O4. The highest BCUT2D eigenvalue weighted by Crippen LogP contribution is 2.36. The van der Waals surface area contributed by atoms with Crippen LogP contribution in [0.25, 0.3) is 0 Å². The number of methoxy groups -OCH3 is 1. The lowest BCUT2D eigenvalue weighted by Gasteiger charge is -2.36. The van der Waals surface area contributed by atoms with Crippen LogP contribution in [0.1, 0.15) is 6.42 Å². The maximum absolute atomic E-state index is 11.4. The van der Waals surface area contributed by atoms with Gasteiger partial charge in [-0.3, -0.25) is 0 Å².